The highest BCUT2D eigenvalue weighted by molar-refractivity contribution is 6.01. The highest BCUT2D eigenvalue weighted by Crippen LogP contribution is 2.31. The molecule has 1 aromatic carbocycles. The Morgan fingerprint density at radius 3 is 2.50 bits per heavy atom. The molecule has 4 rings (SSSR count). The zero-order valence-corrected chi connectivity index (χ0v) is 19.9. The van der Waals surface area contributed by atoms with Crippen molar-refractivity contribution in [3.05, 3.63) is 63.8 Å². The summed E-state index contributed by atoms with van der Waals surface area (Å²) in [6, 6.07) is 6.84. The van der Waals surface area contributed by atoms with E-state index >= 15 is 0 Å². The number of amides is 2. The van der Waals surface area contributed by atoms with Crippen molar-refractivity contribution in [1.82, 2.24) is 15.2 Å². The van der Waals surface area contributed by atoms with Crippen LogP contribution in [0.15, 0.2) is 41.3 Å². The van der Waals surface area contributed by atoms with E-state index in [0.29, 0.717) is 18.7 Å². The second kappa shape index (κ2) is 10.5. The van der Waals surface area contributed by atoms with Gasteiger partial charge in [0, 0.05) is 12.7 Å². The van der Waals surface area contributed by atoms with Gasteiger partial charge in [0.2, 0.25) is 11.8 Å². The van der Waals surface area contributed by atoms with Crippen LogP contribution in [0.3, 0.4) is 0 Å². The summed E-state index contributed by atoms with van der Waals surface area (Å²) in [6.45, 7) is 2.47. The molecule has 2 aromatic rings. The summed E-state index contributed by atoms with van der Waals surface area (Å²) >= 11 is 0. The van der Waals surface area contributed by atoms with Crippen LogP contribution < -0.4 is 21.1 Å². The lowest BCUT2D eigenvalue weighted by atomic mass is 9.83. The number of fused-ring (bicyclic) bond motifs is 1. The van der Waals surface area contributed by atoms with Crippen LogP contribution in [-0.2, 0) is 22.6 Å². The van der Waals surface area contributed by atoms with Gasteiger partial charge in [0.1, 0.15) is 17.5 Å². The van der Waals surface area contributed by atoms with Gasteiger partial charge in [-0.25, -0.2) is 4.39 Å². The Morgan fingerprint density at radius 2 is 1.82 bits per heavy atom. The summed E-state index contributed by atoms with van der Waals surface area (Å²) in [5.74, 6) is -0.694. The highest BCUT2D eigenvalue weighted by Gasteiger charge is 2.38. The number of carbonyl (C=O) groups is 2. The second-order valence-corrected chi connectivity index (χ2v) is 9.38. The van der Waals surface area contributed by atoms with Gasteiger partial charge in [-0.3, -0.25) is 14.4 Å². The maximum absolute atomic E-state index is 13.8. The van der Waals surface area contributed by atoms with E-state index in [2.05, 4.69) is 10.6 Å². The first kappa shape index (κ1) is 24.1. The van der Waals surface area contributed by atoms with Crippen LogP contribution in [0, 0.1) is 11.7 Å². The lowest BCUT2D eigenvalue weighted by Crippen LogP contribution is -2.56. The molecule has 0 bridgehead atoms. The number of hydrogen-bond acceptors (Lipinski definition) is 4. The predicted molar refractivity (Wildman–Crippen MR) is 129 cm³/mol. The first-order valence-corrected chi connectivity index (χ1v) is 12.1. The minimum absolute atomic E-state index is 0.0588. The molecule has 2 aliphatic rings. The Hall–Kier alpha value is -3.00. The normalized spacial score (nSPS) is 17.8. The summed E-state index contributed by atoms with van der Waals surface area (Å²) in [5, 5.41) is 5.91. The number of carbonyl (C=O) groups excluding carboxylic acids is 2. The third-order valence-electron chi connectivity index (χ3n) is 7.14. The van der Waals surface area contributed by atoms with Gasteiger partial charge in [-0.1, -0.05) is 31.4 Å². The van der Waals surface area contributed by atoms with Crippen LogP contribution in [0.5, 0.6) is 0 Å². The molecule has 1 aliphatic heterocycles. The van der Waals surface area contributed by atoms with E-state index in [1.807, 2.05) is 6.07 Å². The minimum Gasteiger partial charge on any atom is -0.343 e. The molecule has 2 N–H and O–H groups in total. The number of halogens is 1. The lowest BCUT2D eigenvalue weighted by molar-refractivity contribution is -0.130. The van der Waals surface area contributed by atoms with Gasteiger partial charge in [-0.05, 0) is 68.5 Å². The molecule has 0 spiro atoms. The number of hydrogen-bond donors (Lipinski definition) is 2. The number of pyridine rings is 1. The Kier molecular flexibility index (Phi) is 7.46. The predicted octanol–water partition coefficient (Wildman–Crippen LogP) is 2.60. The molecule has 1 aliphatic carbocycles. The van der Waals surface area contributed by atoms with Crippen LogP contribution in [0.1, 0.15) is 50.2 Å². The van der Waals surface area contributed by atoms with Crippen LogP contribution >= 0.6 is 0 Å². The van der Waals surface area contributed by atoms with Crippen molar-refractivity contribution in [3.8, 4) is 0 Å². The molecular weight excluding hydrogens is 435 g/mol. The number of rotatable bonds is 7. The molecule has 34 heavy (non-hydrogen) atoms. The van der Waals surface area contributed by atoms with E-state index < -0.39 is 12.1 Å². The topological polar surface area (TPSA) is 83.4 Å². The van der Waals surface area contributed by atoms with E-state index in [0.717, 1.165) is 43.2 Å². The standard InChI is InChI=1S/C26H33FN4O3/c1-17(28-2)24(32)29-22(19-6-4-3-5-7-19)25(33)31-15-13-20-12-14-30(26(34)23(20)31)16-18-8-10-21(27)11-9-18/h8-12,14,17,19,22,28H,3-7,13,15-16H2,1-2H3,(H,29,32)/t17-,22-/m0/s1. The third kappa shape index (κ3) is 5.06. The lowest BCUT2D eigenvalue weighted by Gasteiger charge is -2.33. The molecule has 2 atom stereocenters. The molecule has 8 heteroatoms. The van der Waals surface area contributed by atoms with Crippen molar-refractivity contribution < 1.29 is 14.0 Å². The number of likely N-dealkylation sites (N-methyl/N-ethyl adjacent to an activating group) is 1. The Morgan fingerprint density at radius 1 is 1.12 bits per heavy atom. The monoisotopic (exact) mass is 468 g/mol. The van der Waals surface area contributed by atoms with Crippen LogP contribution in [0.4, 0.5) is 10.1 Å². The van der Waals surface area contributed by atoms with E-state index in [1.54, 1.807) is 41.8 Å². The molecule has 2 heterocycles. The summed E-state index contributed by atoms with van der Waals surface area (Å²) in [4.78, 5) is 41.5. The molecule has 1 fully saturated rings. The minimum atomic E-state index is -0.653. The van der Waals surface area contributed by atoms with E-state index in [-0.39, 0.29) is 35.7 Å². The summed E-state index contributed by atoms with van der Waals surface area (Å²) in [7, 11) is 1.71. The summed E-state index contributed by atoms with van der Waals surface area (Å²) in [6.07, 6.45) is 7.31. The molecule has 1 aromatic heterocycles. The third-order valence-corrected chi connectivity index (χ3v) is 7.14. The fourth-order valence-electron chi connectivity index (χ4n) is 4.99. The Labute approximate surface area is 199 Å². The van der Waals surface area contributed by atoms with E-state index in [1.165, 1.54) is 12.1 Å². The highest BCUT2D eigenvalue weighted by atomic mass is 19.1. The van der Waals surface area contributed by atoms with Gasteiger partial charge in [0.05, 0.1) is 12.6 Å². The van der Waals surface area contributed by atoms with Gasteiger partial charge >= 0.3 is 0 Å². The fourth-order valence-corrected chi connectivity index (χ4v) is 4.99. The molecule has 0 unspecified atom stereocenters. The van der Waals surface area contributed by atoms with Crippen LogP contribution in [-0.4, -0.2) is 42.1 Å². The van der Waals surface area contributed by atoms with Crippen molar-refractivity contribution >= 4 is 17.5 Å². The number of aromatic nitrogens is 1. The zero-order valence-electron chi connectivity index (χ0n) is 19.9. The molecule has 0 saturated heterocycles. The average molecular weight is 469 g/mol. The van der Waals surface area contributed by atoms with Gasteiger partial charge in [0.25, 0.3) is 5.56 Å². The van der Waals surface area contributed by atoms with Crippen molar-refractivity contribution in [3.63, 3.8) is 0 Å². The fraction of sp³-hybridized carbons (Fsp3) is 0.500. The first-order chi connectivity index (χ1) is 16.4. The van der Waals surface area contributed by atoms with Crippen molar-refractivity contribution in [2.24, 2.45) is 5.92 Å². The first-order valence-electron chi connectivity index (χ1n) is 12.1. The van der Waals surface area contributed by atoms with Crippen LogP contribution in [0.2, 0.25) is 0 Å². The smallest absolute Gasteiger partial charge is 0.275 e. The maximum Gasteiger partial charge on any atom is 0.275 e. The van der Waals surface area contributed by atoms with Gasteiger partial charge in [-0.2, -0.15) is 0 Å². The molecule has 2 amide bonds. The van der Waals surface area contributed by atoms with Crippen LogP contribution in [0.25, 0.3) is 0 Å². The number of nitrogens with one attached hydrogen (secondary N) is 2. The van der Waals surface area contributed by atoms with Gasteiger partial charge in [0.15, 0.2) is 0 Å². The Bertz CT molecular complexity index is 1090. The van der Waals surface area contributed by atoms with Gasteiger partial charge < -0.3 is 20.1 Å². The number of anilines is 1. The van der Waals surface area contributed by atoms with Crippen molar-refractivity contribution in [1.29, 1.82) is 0 Å². The largest absolute Gasteiger partial charge is 0.343 e. The zero-order chi connectivity index (χ0) is 24.2. The SMILES string of the molecule is CN[C@@H](C)C(=O)N[C@H](C(=O)N1CCc2ccn(Cc3ccc(F)cc3)c(=O)c21)C1CCCCC1. The molecule has 1 saturated carbocycles. The molecule has 0 radical (unpaired) electrons. The number of nitrogens with zero attached hydrogens (tertiary/aromatic N) is 2. The van der Waals surface area contributed by atoms with Crippen molar-refractivity contribution in [2.45, 2.75) is 64.1 Å². The Balaban J connectivity index is 1.62. The van der Waals surface area contributed by atoms with Crippen molar-refractivity contribution in [2.75, 3.05) is 18.5 Å². The molecular formula is C26H33FN4O3. The second-order valence-electron chi connectivity index (χ2n) is 9.38. The van der Waals surface area contributed by atoms with E-state index in [4.69, 9.17) is 0 Å². The average Bonchev–Trinajstić information content (AvgIpc) is 3.30. The quantitative estimate of drug-likeness (QED) is 0.654. The number of benzene rings is 1. The summed E-state index contributed by atoms with van der Waals surface area (Å²) < 4.78 is 14.8. The molecule has 7 nitrogen and oxygen atoms in total. The summed E-state index contributed by atoms with van der Waals surface area (Å²) in [5.41, 5.74) is 1.79. The maximum atomic E-state index is 13.8. The van der Waals surface area contributed by atoms with E-state index in [9.17, 15) is 18.8 Å². The molecule has 182 valence electrons. The van der Waals surface area contributed by atoms with Gasteiger partial charge in [-0.15, -0.1) is 0 Å².